The predicted molar refractivity (Wildman–Crippen MR) is 75.4 cm³/mol. The maximum Gasteiger partial charge on any atom is 0.244 e. The molecule has 1 heterocycles. The molecule has 100 valence electrons. The number of carbonyl (C=O) groups excluding carboxylic acids is 1. The zero-order valence-corrected chi connectivity index (χ0v) is 12.0. The van der Waals surface area contributed by atoms with Crippen LogP contribution in [0.1, 0.15) is 43.5 Å². The Labute approximate surface area is 113 Å². The molecule has 3 unspecified atom stereocenters. The molecule has 2 N–H and O–H groups in total. The highest BCUT2D eigenvalue weighted by Crippen LogP contribution is 2.28. The number of carbonyl (C=O) groups is 1. The molecule has 0 bridgehead atoms. The number of thiophene rings is 1. The van der Waals surface area contributed by atoms with Gasteiger partial charge in [0, 0.05) is 18.0 Å². The van der Waals surface area contributed by atoms with Crippen molar-refractivity contribution in [2.75, 3.05) is 7.05 Å². The lowest BCUT2D eigenvalue weighted by atomic mass is 9.86. The molecule has 0 spiro atoms. The summed E-state index contributed by atoms with van der Waals surface area (Å²) in [6.45, 7) is 2.27. The number of nitrogens with zero attached hydrogens (tertiary/aromatic N) is 1. The van der Waals surface area contributed by atoms with E-state index in [0.717, 1.165) is 23.6 Å². The van der Waals surface area contributed by atoms with Crippen LogP contribution >= 0.6 is 11.3 Å². The fourth-order valence-electron chi connectivity index (χ4n) is 2.74. The number of amides is 1. The Kier molecular flexibility index (Phi) is 4.40. The van der Waals surface area contributed by atoms with E-state index in [1.807, 2.05) is 29.5 Å². The second kappa shape index (κ2) is 5.85. The van der Waals surface area contributed by atoms with E-state index in [0.29, 0.717) is 6.04 Å². The second-order valence-corrected chi connectivity index (χ2v) is 6.35. The molecule has 1 aromatic heterocycles. The largest absolute Gasteiger partial charge is 0.341 e. The first-order chi connectivity index (χ1) is 8.59. The third kappa shape index (κ3) is 2.93. The number of rotatable bonds is 3. The maximum absolute atomic E-state index is 12.4. The smallest absolute Gasteiger partial charge is 0.244 e. The molecule has 2 rings (SSSR count). The fraction of sp³-hybridized carbons (Fsp3) is 0.643. The lowest BCUT2D eigenvalue weighted by Gasteiger charge is -2.35. The van der Waals surface area contributed by atoms with Gasteiger partial charge in [0.05, 0.1) is 0 Å². The summed E-state index contributed by atoms with van der Waals surface area (Å²) in [5, 5.41) is 1.96. The van der Waals surface area contributed by atoms with Crippen LogP contribution in [0.5, 0.6) is 0 Å². The van der Waals surface area contributed by atoms with Crippen LogP contribution in [-0.2, 0) is 4.79 Å². The fourth-order valence-corrected chi connectivity index (χ4v) is 3.46. The highest BCUT2D eigenvalue weighted by Gasteiger charge is 2.29. The van der Waals surface area contributed by atoms with E-state index < -0.39 is 6.04 Å². The van der Waals surface area contributed by atoms with E-state index in [1.165, 1.54) is 12.8 Å². The maximum atomic E-state index is 12.4. The van der Waals surface area contributed by atoms with Crippen molar-refractivity contribution < 1.29 is 4.79 Å². The van der Waals surface area contributed by atoms with Gasteiger partial charge in [0.2, 0.25) is 5.91 Å². The summed E-state index contributed by atoms with van der Waals surface area (Å²) >= 11 is 1.55. The van der Waals surface area contributed by atoms with E-state index in [1.54, 1.807) is 11.3 Å². The quantitative estimate of drug-likeness (QED) is 0.914. The van der Waals surface area contributed by atoms with Crippen molar-refractivity contribution in [3.8, 4) is 0 Å². The average molecular weight is 266 g/mol. The summed E-state index contributed by atoms with van der Waals surface area (Å²) in [5.41, 5.74) is 6.04. The Morgan fingerprint density at radius 1 is 1.56 bits per heavy atom. The molecule has 4 heteroatoms. The van der Waals surface area contributed by atoms with Gasteiger partial charge in [-0.05, 0) is 30.2 Å². The van der Waals surface area contributed by atoms with Crippen LogP contribution in [0.4, 0.5) is 0 Å². The SMILES string of the molecule is CC1CCCC(N(C)C(=O)C(N)c2cccs2)C1. The van der Waals surface area contributed by atoms with E-state index >= 15 is 0 Å². The molecule has 0 aliphatic heterocycles. The standard InChI is InChI=1S/C14H22N2OS/c1-10-5-3-6-11(9-10)16(2)14(17)13(15)12-7-4-8-18-12/h4,7-8,10-11,13H,3,5-6,9,15H2,1-2H3. The minimum atomic E-state index is -0.493. The van der Waals surface area contributed by atoms with Crippen LogP contribution in [0.25, 0.3) is 0 Å². The zero-order chi connectivity index (χ0) is 13.1. The zero-order valence-electron chi connectivity index (χ0n) is 11.1. The summed E-state index contributed by atoms with van der Waals surface area (Å²) in [5.74, 6) is 0.772. The molecular formula is C14H22N2OS. The number of hydrogen-bond donors (Lipinski definition) is 1. The van der Waals surface area contributed by atoms with Crippen LogP contribution in [0.3, 0.4) is 0 Å². The van der Waals surface area contributed by atoms with Gasteiger partial charge in [0.1, 0.15) is 6.04 Å². The highest BCUT2D eigenvalue weighted by atomic mass is 32.1. The summed E-state index contributed by atoms with van der Waals surface area (Å²) in [7, 11) is 1.90. The molecule has 0 radical (unpaired) electrons. The molecule has 1 aliphatic carbocycles. The van der Waals surface area contributed by atoms with Gasteiger partial charge in [-0.2, -0.15) is 0 Å². The first kappa shape index (κ1) is 13.6. The first-order valence-electron chi connectivity index (χ1n) is 6.65. The summed E-state index contributed by atoms with van der Waals surface area (Å²) < 4.78 is 0. The Balaban J connectivity index is 1.99. The summed E-state index contributed by atoms with van der Waals surface area (Å²) in [6, 6.07) is 3.75. The van der Waals surface area contributed by atoms with Gasteiger partial charge in [-0.1, -0.05) is 25.8 Å². The monoisotopic (exact) mass is 266 g/mol. The number of likely N-dealkylation sites (N-methyl/N-ethyl adjacent to an activating group) is 1. The Morgan fingerprint density at radius 3 is 2.94 bits per heavy atom. The molecule has 3 atom stereocenters. The lowest BCUT2D eigenvalue weighted by Crippen LogP contribution is -2.44. The lowest BCUT2D eigenvalue weighted by molar-refractivity contribution is -0.134. The normalized spacial score (nSPS) is 25.7. The van der Waals surface area contributed by atoms with Gasteiger partial charge in [-0.15, -0.1) is 11.3 Å². The van der Waals surface area contributed by atoms with Crippen molar-refractivity contribution in [1.29, 1.82) is 0 Å². The van der Waals surface area contributed by atoms with E-state index in [2.05, 4.69) is 6.92 Å². The van der Waals surface area contributed by atoms with Gasteiger partial charge in [-0.3, -0.25) is 4.79 Å². The van der Waals surface area contributed by atoms with Crippen LogP contribution in [0.2, 0.25) is 0 Å². The van der Waals surface area contributed by atoms with Crippen LogP contribution in [0.15, 0.2) is 17.5 Å². The van der Waals surface area contributed by atoms with Crippen molar-refractivity contribution >= 4 is 17.2 Å². The van der Waals surface area contributed by atoms with Crippen molar-refractivity contribution in [2.24, 2.45) is 11.7 Å². The van der Waals surface area contributed by atoms with Crippen molar-refractivity contribution in [1.82, 2.24) is 4.90 Å². The Morgan fingerprint density at radius 2 is 2.33 bits per heavy atom. The molecule has 1 amide bonds. The minimum absolute atomic E-state index is 0.0524. The van der Waals surface area contributed by atoms with E-state index in [-0.39, 0.29) is 5.91 Å². The van der Waals surface area contributed by atoms with E-state index in [9.17, 15) is 4.79 Å². The van der Waals surface area contributed by atoms with Crippen molar-refractivity contribution in [3.63, 3.8) is 0 Å². The molecule has 0 saturated heterocycles. The minimum Gasteiger partial charge on any atom is -0.341 e. The molecule has 0 aromatic carbocycles. The van der Waals surface area contributed by atoms with Crippen LogP contribution in [-0.4, -0.2) is 23.9 Å². The molecule has 3 nitrogen and oxygen atoms in total. The molecule has 1 fully saturated rings. The molecular weight excluding hydrogens is 244 g/mol. The van der Waals surface area contributed by atoms with Gasteiger partial charge in [0.25, 0.3) is 0 Å². The molecule has 1 aromatic rings. The average Bonchev–Trinajstić information content (AvgIpc) is 2.90. The van der Waals surface area contributed by atoms with Crippen molar-refractivity contribution in [3.05, 3.63) is 22.4 Å². The summed E-state index contributed by atoms with van der Waals surface area (Å²) in [4.78, 5) is 15.2. The van der Waals surface area contributed by atoms with Crippen molar-refractivity contribution in [2.45, 2.75) is 44.7 Å². The molecule has 1 aliphatic rings. The predicted octanol–water partition coefficient (Wildman–Crippen LogP) is 2.79. The molecule has 1 saturated carbocycles. The third-order valence-corrected chi connectivity index (χ3v) is 4.88. The van der Waals surface area contributed by atoms with Gasteiger partial charge < -0.3 is 10.6 Å². The molecule has 18 heavy (non-hydrogen) atoms. The van der Waals surface area contributed by atoms with E-state index in [4.69, 9.17) is 5.73 Å². The van der Waals surface area contributed by atoms with Crippen LogP contribution < -0.4 is 5.73 Å². The van der Waals surface area contributed by atoms with Crippen LogP contribution in [0, 0.1) is 5.92 Å². The highest BCUT2D eigenvalue weighted by molar-refractivity contribution is 7.10. The first-order valence-corrected chi connectivity index (χ1v) is 7.53. The van der Waals surface area contributed by atoms with Gasteiger partial charge >= 0.3 is 0 Å². The number of hydrogen-bond acceptors (Lipinski definition) is 3. The topological polar surface area (TPSA) is 46.3 Å². The third-order valence-electron chi connectivity index (χ3n) is 3.92. The summed E-state index contributed by atoms with van der Waals surface area (Å²) in [6.07, 6.45) is 4.73. The second-order valence-electron chi connectivity index (χ2n) is 5.37. The number of nitrogens with two attached hydrogens (primary N) is 1. The Bertz CT molecular complexity index is 391. The van der Waals surface area contributed by atoms with Gasteiger partial charge in [-0.25, -0.2) is 0 Å². The van der Waals surface area contributed by atoms with Gasteiger partial charge in [0.15, 0.2) is 0 Å². The Hall–Kier alpha value is -0.870.